The van der Waals surface area contributed by atoms with Crippen LogP contribution >= 0.6 is 0 Å². The van der Waals surface area contributed by atoms with E-state index >= 15 is 0 Å². The molecule has 92 valence electrons. The fraction of sp³-hybridized carbons (Fsp3) is 0.538. The lowest BCUT2D eigenvalue weighted by Crippen LogP contribution is -2.28. The predicted molar refractivity (Wildman–Crippen MR) is 66.4 cm³/mol. The van der Waals surface area contributed by atoms with Crippen molar-refractivity contribution < 1.29 is 4.79 Å². The fourth-order valence-corrected chi connectivity index (χ4v) is 2.17. The Morgan fingerprint density at radius 2 is 2.59 bits per heavy atom. The Hall–Kier alpha value is -1.42. The van der Waals surface area contributed by atoms with Crippen molar-refractivity contribution in [2.45, 2.75) is 25.8 Å². The van der Waals surface area contributed by atoms with Gasteiger partial charge in [0, 0.05) is 18.8 Å². The Labute approximate surface area is 102 Å². The van der Waals surface area contributed by atoms with Gasteiger partial charge in [-0.2, -0.15) is 0 Å². The van der Waals surface area contributed by atoms with E-state index in [9.17, 15) is 4.79 Å². The lowest BCUT2D eigenvalue weighted by atomic mass is 10.0. The highest BCUT2D eigenvalue weighted by atomic mass is 16.1. The maximum absolute atomic E-state index is 11.8. The van der Waals surface area contributed by atoms with Crippen LogP contribution in [0.1, 0.15) is 31.4 Å². The summed E-state index contributed by atoms with van der Waals surface area (Å²) >= 11 is 0. The van der Waals surface area contributed by atoms with Crippen LogP contribution in [0.25, 0.3) is 0 Å². The van der Waals surface area contributed by atoms with E-state index in [1.165, 1.54) is 0 Å². The van der Waals surface area contributed by atoms with Crippen molar-refractivity contribution in [1.29, 1.82) is 0 Å². The van der Waals surface area contributed by atoms with Gasteiger partial charge in [-0.25, -0.2) is 0 Å². The molecule has 2 heterocycles. The molecule has 0 aromatic carbocycles. The normalized spacial score (nSPS) is 21.1. The first-order chi connectivity index (χ1) is 8.25. The molecule has 1 aliphatic rings. The lowest BCUT2D eigenvalue weighted by molar-refractivity contribution is -0.122. The molecule has 1 aromatic heterocycles. The number of nitrogens with zero attached hydrogens (tertiary/aromatic N) is 1. The molecule has 2 atom stereocenters. The maximum atomic E-state index is 11.8. The summed E-state index contributed by atoms with van der Waals surface area (Å²) in [6, 6.07) is 3.90. The average Bonchev–Trinajstić information content (AvgIpc) is 2.82. The zero-order valence-corrected chi connectivity index (χ0v) is 10.1. The summed E-state index contributed by atoms with van der Waals surface area (Å²) in [5.41, 5.74) is 1.05. The fourth-order valence-electron chi connectivity index (χ4n) is 2.17. The molecule has 0 aliphatic carbocycles. The molecule has 1 amide bonds. The Balaban J connectivity index is 1.81. The van der Waals surface area contributed by atoms with Gasteiger partial charge in [0.05, 0.1) is 6.04 Å². The Morgan fingerprint density at radius 1 is 1.71 bits per heavy atom. The van der Waals surface area contributed by atoms with E-state index in [1.807, 2.05) is 19.1 Å². The minimum Gasteiger partial charge on any atom is -0.350 e. The molecule has 17 heavy (non-hydrogen) atoms. The molecule has 1 saturated heterocycles. The van der Waals surface area contributed by atoms with Gasteiger partial charge in [-0.3, -0.25) is 9.78 Å². The topological polar surface area (TPSA) is 54.0 Å². The van der Waals surface area contributed by atoms with E-state index < -0.39 is 0 Å². The van der Waals surface area contributed by atoms with Crippen molar-refractivity contribution in [3.8, 4) is 0 Å². The SMILES string of the molecule is C[C@@H](NC(=O)CC1CCNC1)c1cccnc1. The number of pyridine rings is 1. The highest BCUT2D eigenvalue weighted by Crippen LogP contribution is 2.14. The predicted octanol–water partition coefficient (Wildman–Crippen LogP) is 1.26. The monoisotopic (exact) mass is 233 g/mol. The zero-order chi connectivity index (χ0) is 12.1. The van der Waals surface area contributed by atoms with Crippen molar-refractivity contribution in [1.82, 2.24) is 15.6 Å². The molecule has 0 radical (unpaired) electrons. The van der Waals surface area contributed by atoms with Crippen LogP contribution < -0.4 is 10.6 Å². The minimum atomic E-state index is 0.0329. The molecule has 4 nitrogen and oxygen atoms in total. The number of hydrogen-bond acceptors (Lipinski definition) is 3. The highest BCUT2D eigenvalue weighted by molar-refractivity contribution is 5.76. The summed E-state index contributed by atoms with van der Waals surface area (Å²) < 4.78 is 0. The summed E-state index contributed by atoms with van der Waals surface area (Å²) in [5, 5.41) is 6.29. The number of nitrogens with one attached hydrogen (secondary N) is 2. The highest BCUT2D eigenvalue weighted by Gasteiger charge is 2.19. The standard InChI is InChI=1S/C13H19N3O/c1-10(12-3-2-5-14-9-12)16-13(17)7-11-4-6-15-8-11/h2-3,5,9-11,15H,4,6-8H2,1H3,(H,16,17)/t10-,11?/m1/s1. The van der Waals surface area contributed by atoms with Crippen LogP contribution in [0.15, 0.2) is 24.5 Å². The third-order valence-corrected chi connectivity index (χ3v) is 3.20. The molecule has 4 heteroatoms. The number of hydrogen-bond donors (Lipinski definition) is 2. The molecule has 1 aliphatic heterocycles. The minimum absolute atomic E-state index is 0.0329. The van der Waals surface area contributed by atoms with Gasteiger partial charge in [0.1, 0.15) is 0 Å². The maximum Gasteiger partial charge on any atom is 0.220 e. The first-order valence-corrected chi connectivity index (χ1v) is 6.15. The second-order valence-electron chi connectivity index (χ2n) is 4.64. The van der Waals surface area contributed by atoms with Crippen molar-refractivity contribution in [3.63, 3.8) is 0 Å². The van der Waals surface area contributed by atoms with Gasteiger partial charge in [0.2, 0.25) is 5.91 Å². The van der Waals surface area contributed by atoms with Gasteiger partial charge >= 0.3 is 0 Å². The van der Waals surface area contributed by atoms with Crippen molar-refractivity contribution >= 4 is 5.91 Å². The number of amides is 1. The van der Waals surface area contributed by atoms with E-state index in [0.717, 1.165) is 25.1 Å². The smallest absolute Gasteiger partial charge is 0.220 e. The molecule has 0 saturated carbocycles. The van der Waals surface area contributed by atoms with Crippen LogP contribution in [-0.2, 0) is 4.79 Å². The molecular formula is C13H19N3O. The number of rotatable bonds is 4. The first-order valence-electron chi connectivity index (χ1n) is 6.15. The molecule has 2 rings (SSSR count). The van der Waals surface area contributed by atoms with Crippen molar-refractivity contribution in [2.24, 2.45) is 5.92 Å². The van der Waals surface area contributed by atoms with E-state index in [4.69, 9.17) is 0 Å². The van der Waals surface area contributed by atoms with E-state index in [2.05, 4.69) is 15.6 Å². The van der Waals surface area contributed by atoms with Gasteiger partial charge < -0.3 is 10.6 Å². The second-order valence-corrected chi connectivity index (χ2v) is 4.64. The van der Waals surface area contributed by atoms with Crippen molar-refractivity contribution in [3.05, 3.63) is 30.1 Å². The van der Waals surface area contributed by atoms with Gasteiger partial charge in [0.25, 0.3) is 0 Å². The summed E-state index contributed by atoms with van der Waals surface area (Å²) in [6.45, 7) is 3.99. The summed E-state index contributed by atoms with van der Waals surface area (Å²) in [4.78, 5) is 15.9. The van der Waals surface area contributed by atoms with Crippen molar-refractivity contribution in [2.75, 3.05) is 13.1 Å². The largest absolute Gasteiger partial charge is 0.350 e. The number of carbonyl (C=O) groups is 1. The number of aromatic nitrogens is 1. The Kier molecular flexibility index (Phi) is 4.09. The summed E-state index contributed by atoms with van der Waals surface area (Å²) in [5.74, 6) is 0.631. The molecule has 1 aromatic rings. The number of carbonyl (C=O) groups excluding carboxylic acids is 1. The summed E-state index contributed by atoms with van der Waals surface area (Å²) in [7, 11) is 0. The van der Waals surface area contributed by atoms with Gasteiger partial charge in [-0.15, -0.1) is 0 Å². The zero-order valence-electron chi connectivity index (χ0n) is 10.1. The molecule has 1 fully saturated rings. The van der Waals surface area contributed by atoms with Gasteiger partial charge in [-0.05, 0) is 44.0 Å². The molecule has 1 unspecified atom stereocenters. The first kappa shape index (κ1) is 12.0. The Bertz CT molecular complexity index is 360. The van der Waals surface area contributed by atoms with Crippen LogP contribution in [0, 0.1) is 5.92 Å². The summed E-state index contributed by atoms with van der Waals surface area (Å²) in [6.07, 6.45) is 5.26. The van der Waals surface area contributed by atoms with E-state index in [-0.39, 0.29) is 11.9 Å². The van der Waals surface area contributed by atoms with Crippen LogP contribution in [0.2, 0.25) is 0 Å². The molecular weight excluding hydrogens is 214 g/mol. The van der Waals surface area contributed by atoms with Crippen LogP contribution in [0.3, 0.4) is 0 Å². The lowest BCUT2D eigenvalue weighted by Gasteiger charge is -2.15. The molecule has 0 bridgehead atoms. The average molecular weight is 233 g/mol. The molecule has 0 spiro atoms. The van der Waals surface area contributed by atoms with E-state index in [1.54, 1.807) is 12.4 Å². The third kappa shape index (κ3) is 3.53. The second kappa shape index (κ2) is 5.77. The van der Waals surface area contributed by atoms with Gasteiger partial charge in [-0.1, -0.05) is 6.07 Å². The van der Waals surface area contributed by atoms with Crippen LogP contribution in [-0.4, -0.2) is 24.0 Å². The van der Waals surface area contributed by atoms with E-state index in [0.29, 0.717) is 12.3 Å². The van der Waals surface area contributed by atoms with Gasteiger partial charge in [0.15, 0.2) is 0 Å². The van der Waals surface area contributed by atoms with Crippen LogP contribution in [0.4, 0.5) is 0 Å². The van der Waals surface area contributed by atoms with Crippen LogP contribution in [0.5, 0.6) is 0 Å². The molecule has 2 N–H and O–H groups in total. The quantitative estimate of drug-likeness (QED) is 0.823. The Morgan fingerprint density at radius 3 is 3.24 bits per heavy atom. The third-order valence-electron chi connectivity index (χ3n) is 3.20.